The number of rotatable bonds is 8. The van der Waals surface area contributed by atoms with Gasteiger partial charge in [0.05, 0.1) is 23.7 Å². The molecule has 0 saturated carbocycles. The SMILES string of the molecule is CN(C)CCCNc1nc(CN(C)C(=O)Nc2ccc(C#N)cc2)nc2ccccc12. The highest BCUT2D eigenvalue weighted by atomic mass is 16.2. The number of benzene rings is 2. The summed E-state index contributed by atoms with van der Waals surface area (Å²) in [5.74, 6) is 1.34. The van der Waals surface area contributed by atoms with Gasteiger partial charge in [-0.2, -0.15) is 5.26 Å². The van der Waals surface area contributed by atoms with Gasteiger partial charge >= 0.3 is 6.03 Å². The van der Waals surface area contributed by atoms with Crippen molar-refractivity contribution in [1.29, 1.82) is 5.26 Å². The van der Waals surface area contributed by atoms with Crippen molar-refractivity contribution < 1.29 is 4.79 Å². The zero-order valence-corrected chi connectivity index (χ0v) is 18.1. The van der Waals surface area contributed by atoms with E-state index in [4.69, 9.17) is 5.26 Å². The van der Waals surface area contributed by atoms with E-state index in [2.05, 4.69) is 45.7 Å². The zero-order chi connectivity index (χ0) is 22.2. The fourth-order valence-corrected chi connectivity index (χ4v) is 3.06. The van der Waals surface area contributed by atoms with Crippen LogP contribution in [0, 0.1) is 11.3 Å². The Morgan fingerprint density at radius 1 is 1.06 bits per heavy atom. The fraction of sp³-hybridized carbons (Fsp3) is 0.304. The summed E-state index contributed by atoms with van der Waals surface area (Å²) in [5.41, 5.74) is 2.00. The van der Waals surface area contributed by atoms with Crippen molar-refractivity contribution in [3.8, 4) is 6.07 Å². The number of anilines is 2. The van der Waals surface area contributed by atoms with Crippen molar-refractivity contribution in [3.63, 3.8) is 0 Å². The van der Waals surface area contributed by atoms with Gasteiger partial charge in [0.25, 0.3) is 0 Å². The number of amides is 2. The smallest absolute Gasteiger partial charge is 0.321 e. The second-order valence-corrected chi connectivity index (χ2v) is 7.56. The van der Waals surface area contributed by atoms with E-state index in [-0.39, 0.29) is 12.6 Å². The van der Waals surface area contributed by atoms with Crippen LogP contribution in [0.25, 0.3) is 10.9 Å². The monoisotopic (exact) mass is 417 g/mol. The molecule has 160 valence electrons. The number of nitriles is 1. The minimum Gasteiger partial charge on any atom is -0.369 e. The summed E-state index contributed by atoms with van der Waals surface area (Å²) in [7, 11) is 5.80. The standard InChI is InChI=1S/C23H27N7O/c1-29(2)14-6-13-25-22-19-7-4-5-8-20(19)27-21(28-22)16-30(3)23(31)26-18-11-9-17(15-24)10-12-18/h4-5,7-12H,6,13-14,16H2,1-3H3,(H,26,31)(H,25,27,28). The predicted molar refractivity (Wildman–Crippen MR) is 123 cm³/mol. The number of carbonyl (C=O) groups excluding carboxylic acids is 1. The summed E-state index contributed by atoms with van der Waals surface area (Å²) in [4.78, 5) is 25.5. The molecule has 0 saturated heterocycles. The Labute approximate surface area is 182 Å². The van der Waals surface area contributed by atoms with Crippen LogP contribution in [-0.4, -0.2) is 60.0 Å². The maximum atomic E-state index is 12.6. The average Bonchev–Trinajstić information content (AvgIpc) is 2.77. The molecule has 0 aliphatic heterocycles. The Bertz CT molecular complexity index is 1070. The molecule has 0 aliphatic rings. The quantitative estimate of drug-likeness (QED) is 0.544. The molecular weight excluding hydrogens is 390 g/mol. The molecule has 2 N–H and O–H groups in total. The van der Waals surface area contributed by atoms with Gasteiger partial charge in [0.2, 0.25) is 0 Å². The van der Waals surface area contributed by atoms with Crippen LogP contribution in [0.3, 0.4) is 0 Å². The second kappa shape index (κ2) is 10.4. The van der Waals surface area contributed by atoms with Crippen molar-refractivity contribution in [2.75, 3.05) is 44.9 Å². The van der Waals surface area contributed by atoms with E-state index in [0.717, 1.165) is 36.2 Å². The largest absolute Gasteiger partial charge is 0.369 e. The summed E-state index contributed by atoms with van der Waals surface area (Å²) in [6.07, 6.45) is 0.994. The molecule has 1 heterocycles. The van der Waals surface area contributed by atoms with Crippen molar-refractivity contribution >= 4 is 28.4 Å². The number of hydrogen-bond acceptors (Lipinski definition) is 6. The van der Waals surface area contributed by atoms with E-state index in [9.17, 15) is 4.79 Å². The highest BCUT2D eigenvalue weighted by Crippen LogP contribution is 2.20. The lowest BCUT2D eigenvalue weighted by molar-refractivity contribution is 0.219. The molecule has 0 unspecified atom stereocenters. The van der Waals surface area contributed by atoms with E-state index < -0.39 is 0 Å². The molecule has 3 aromatic rings. The molecule has 0 aliphatic carbocycles. The second-order valence-electron chi connectivity index (χ2n) is 7.56. The minimum absolute atomic E-state index is 0.263. The first-order valence-electron chi connectivity index (χ1n) is 10.1. The van der Waals surface area contributed by atoms with Crippen LogP contribution in [0.4, 0.5) is 16.3 Å². The van der Waals surface area contributed by atoms with E-state index in [1.54, 1.807) is 31.3 Å². The number of hydrogen-bond donors (Lipinski definition) is 2. The third-order valence-corrected chi connectivity index (χ3v) is 4.71. The first-order chi connectivity index (χ1) is 15.0. The predicted octanol–water partition coefficient (Wildman–Crippen LogP) is 3.53. The molecule has 2 aromatic carbocycles. The molecule has 8 nitrogen and oxygen atoms in total. The van der Waals surface area contributed by atoms with Crippen molar-refractivity contribution in [3.05, 3.63) is 59.9 Å². The van der Waals surface area contributed by atoms with Gasteiger partial charge in [-0.1, -0.05) is 12.1 Å². The zero-order valence-electron chi connectivity index (χ0n) is 18.1. The molecule has 31 heavy (non-hydrogen) atoms. The molecule has 0 bridgehead atoms. The summed E-state index contributed by atoms with van der Waals surface area (Å²) in [5, 5.41) is 16.1. The van der Waals surface area contributed by atoms with Gasteiger partial charge in [-0.15, -0.1) is 0 Å². The number of urea groups is 1. The van der Waals surface area contributed by atoms with Gasteiger partial charge in [0.15, 0.2) is 5.82 Å². The van der Waals surface area contributed by atoms with Gasteiger partial charge in [-0.25, -0.2) is 14.8 Å². The Morgan fingerprint density at radius 2 is 1.81 bits per heavy atom. The summed E-state index contributed by atoms with van der Waals surface area (Å²) >= 11 is 0. The molecule has 0 atom stereocenters. The lowest BCUT2D eigenvalue weighted by atomic mass is 10.2. The van der Waals surface area contributed by atoms with E-state index in [0.29, 0.717) is 17.1 Å². The van der Waals surface area contributed by atoms with Crippen molar-refractivity contribution in [2.24, 2.45) is 0 Å². The molecule has 0 radical (unpaired) electrons. The Kier molecular flexibility index (Phi) is 7.35. The first-order valence-corrected chi connectivity index (χ1v) is 10.1. The third kappa shape index (κ3) is 6.14. The average molecular weight is 418 g/mol. The first kappa shape index (κ1) is 22.0. The van der Waals surface area contributed by atoms with E-state index >= 15 is 0 Å². The molecule has 1 aromatic heterocycles. The van der Waals surface area contributed by atoms with Crippen molar-refractivity contribution in [1.82, 2.24) is 19.8 Å². The summed E-state index contributed by atoms with van der Waals surface area (Å²) in [6, 6.07) is 16.4. The Hall–Kier alpha value is -3.70. The number of nitrogens with zero attached hydrogens (tertiary/aromatic N) is 5. The molecule has 8 heteroatoms. The van der Waals surface area contributed by atoms with Crippen LogP contribution >= 0.6 is 0 Å². The molecule has 0 spiro atoms. The highest BCUT2D eigenvalue weighted by Gasteiger charge is 2.14. The summed E-state index contributed by atoms with van der Waals surface area (Å²) < 4.78 is 0. The number of fused-ring (bicyclic) bond motifs is 1. The summed E-state index contributed by atoms with van der Waals surface area (Å²) in [6.45, 7) is 2.05. The van der Waals surface area contributed by atoms with Crippen LogP contribution < -0.4 is 10.6 Å². The maximum Gasteiger partial charge on any atom is 0.321 e. The van der Waals surface area contributed by atoms with Gasteiger partial charge < -0.3 is 20.4 Å². The topological polar surface area (TPSA) is 97.2 Å². The van der Waals surface area contributed by atoms with Crippen LogP contribution in [0.15, 0.2) is 48.5 Å². The normalized spacial score (nSPS) is 10.7. The third-order valence-electron chi connectivity index (χ3n) is 4.71. The van der Waals surface area contributed by atoms with Gasteiger partial charge in [0, 0.05) is 24.7 Å². The lowest BCUT2D eigenvalue weighted by Crippen LogP contribution is -2.31. The maximum absolute atomic E-state index is 12.6. The van der Waals surface area contributed by atoms with E-state index in [1.165, 1.54) is 4.90 Å². The van der Waals surface area contributed by atoms with Gasteiger partial charge in [-0.3, -0.25) is 0 Å². The number of carbonyl (C=O) groups is 1. The number of aromatic nitrogens is 2. The molecular formula is C23H27N7O. The molecule has 3 rings (SSSR count). The fourth-order valence-electron chi connectivity index (χ4n) is 3.06. The molecule has 2 amide bonds. The minimum atomic E-state index is -0.276. The van der Waals surface area contributed by atoms with Gasteiger partial charge in [0.1, 0.15) is 5.82 Å². The Balaban J connectivity index is 1.70. The number of para-hydroxylation sites is 1. The molecule has 0 fully saturated rings. The van der Waals surface area contributed by atoms with Crippen LogP contribution in [0.2, 0.25) is 0 Å². The Morgan fingerprint density at radius 3 is 2.52 bits per heavy atom. The lowest BCUT2D eigenvalue weighted by Gasteiger charge is -2.18. The van der Waals surface area contributed by atoms with Gasteiger partial charge in [-0.05, 0) is 63.5 Å². The van der Waals surface area contributed by atoms with Crippen LogP contribution in [-0.2, 0) is 6.54 Å². The van der Waals surface area contributed by atoms with Crippen LogP contribution in [0.1, 0.15) is 17.8 Å². The highest BCUT2D eigenvalue weighted by molar-refractivity contribution is 5.90. The number of nitrogens with one attached hydrogen (secondary N) is 2. The van der Waals surface area contributed by atoms with Crippen molar-refractivity contribution in [2.45, 2.75) is 13.0 Å². The van der Waals surface area contributed by atoms with E-state index in [1.807, 2.05) is 24.3 Å². The van der Waals surface area contributed by atoms with Crippen LogP contribution in [0.5, 0.6) is 0 Å².